The number of hydrogen-bond donors (Lipinski definition) is 0. The second-order valence-corrected chi connectivity index (χ2v) is 12.6. The van der Waals surface area contributed by atoms with E-state index in [1.165, 1.54) is 21.5 Å². The van der Waals surface area contributed by atoms with Crippen molar-refractivity contribution < 1.29 is 4.52 Å². The predicted octanol–water partition coefficient (Wildman–Crippen LogP) is 5.59. The first kappa shape index (κ1) is 18.3. The summed E-state index contributed by atoms with van der Waals surface area (Å²) < 4.78 is 7.30. The van der Waals surface area contributed by atoms with E-state index in [-0.39, 0.29) is 6.10 Å². The summed E-state index contributed by atoms with van der Waals surface area (Å²) in [6.07, 6.45) is 0.0782. The van der Waals surface area contributed by atoms with Crippen LogP contribution in [0, 0.1) is 0 Å². The van der Waals surface area contributed by atoms with E-state index < -0.39 is 6.83 Å². The van der Waals surface area contributed by atoms with Gasteiger partial charge >= 0.3 is 173 Å². The van der Waals surface area contributed by atoms with Crippen LogP contribution in [0.4, 0.5) is 0 Å². The summed E-state index contributed by atoms with van der Waals surface area (Å²) in [5.74, 6) is 0. The van der Waals surface area contributed by atoms with Crippen molar-refractivity contribution in [3.8, 4) is 0 Å². The minimum absolute atomic E-state index is 0.0782. The van der Waals surface area contributed by atoms with Gasteiger partial charge in [-0.2, -0.15) is 0 Å². The standard InChI is InChI=1S/C27H25OP/c1-22-27(23-14-6-2-7-15-23)28-29(22,24-16-8-3-9-17-24,25-18-10-4-11-19-25)26-20-12-5-13-21-26/h2-22,27H,1H3/t22-,27+/m1/s1. The maximum atomic E-state index is 7.30. The topological polar surface area (TPSA) is 9.23 Å². The van der Waals surface area contributed by atoms with Gasteiger partial charge in [0.15, 0.2) is 0 Å². The van der Waals surface area contributed by atoms with E-state index in [1.54, 1.807) is 0 Å². The Bertz CT molecular complexity index is 995. The van der Waals surface area contributed by atoms with Crippen molar-refractivity contribution in [3.05, 3.63) is 127 Å². The Kier molecular flexibility index (Phi) is 4.39. The van der Waals surface area contributed by atoms with E-state index >= 15 is 0 Å². The zero-order valence-electron chi connectivity index (χ0n) is 16.6. The maximum absolute atomic E-state index is 7.30. The van der Waals surface area contributed by atoms with Crippen molar-refractivity contribution in [1.82, 2.24) is 0 Å². The molecule has 0 N–H and O–H groups in total. The Hall–Kier alpha value is -2.73. The van der Waals surface area contributed by atoms with Crippen LogP contribution < -0.4 is 15.9 Å². The average molecular weight is 396 g/mol. The fourth-order valence-corrected chi connectivity index (χ4v) is 11.6. The van der Waals surface area contributed by atoms with E-state index in [0.717, 1.165) is 0 Å². The van der Waals surface area contributed by atoms with E-state index in [2.05, 4.69) is 128 Å². The molecular formula is C27H25OP. The first-order valence-electron chi connectivity index (χ1n) is 10.2. The predicted molar refractivity (Wildman–Crippen MR) is 125 cm³/mol. The molecule has 0 aliphatic carbocycles. The zero-order chi connectivity index (χ0) is 19.8. The van der Waals surface area contributed by atoms with Crippen LogP contribution in [0.3, 0.4) is 0 Å². The van der Waals surface area contributed by atoms with Crippen LogP contribution in [-0.2, 0) is 4.52 Å². The summed E-state index contributed by atoms with van der Waals surface area (Å²) >= 11 is 0. The second kappa shape index (κ2) is 6.95. The third kappa shape index (κ3) is 2.42. The summed E-state index contributed by atoms with van der Waals surface area (Å²) in [4.78, 5) is 0. The van der Waals surface area contributed by atoms with Gasteiger partial charge in [-0.05, 0) is 0 Å². The number of hydrogen-bond acceptors (Lipinski definition) is 1. The number of benzene rings is 4. The quantitative estimate of drug-likeness (QED) is 0.409. The van der Waals surface area contributed by atoms with Gasteiger partial charge in [-0.25, -0.2) is 0 Å². The summed E-state index contributed by atoms with van der Waals surface area (Å²) in [6.45, 7) is -0.705. The van der Waals surface area contributed by atoms with Crippen LogP contribution in [0.5, 0.6) is 0 Å². The van der Waals surface area contributed by atoms with Gasteiger partial charge in [0.1, 0.15) is 0 Å². The molecule has 0 bridgehead atoms. The normalized spacial score (nSPS) is 23.3. The summed E-state index contributed by atoms with van der Waals surface area (Å²) in [6, 6.07) is 43.3. The third-order valence-corrected chi connectivity index (χ3v) is 12.9. The van der Waals surface area contributed by atoms with Crippen LogP contribution in [0.1, 0.15) is 18.6 Å². The van der Waals surface area contributed by atoms with Gasteiger partial charge in [0.25, 0.3) is 0 Å². The summed E-state index contributed by atoms with van der Waals surface area (Å²) in [5.41, 5.74) is 1.58. The SMILES string of the molecule is C[C@@H]1[C@@H](c2ccccc2)OP1(c1ccccc1)(c1ccccc1)c1ccccc1. The first-order chi connectivity index (χ1) is 14.3. The molecule has 0 radical (unpaired) electrons. The molecule has 29 heavy (non-hydrogen) atoms. The average Bonchev–Trinajstić information content (AvgIpc) is 2.82. The molecule has 2 atom stereocenters. The van der Waals surface area contributed by atoms with E-state index in [0.29, 0.717) is 5.66 Å². The van der Waals surface area contributed by atoms with E-state index in [4.69, 9.17) is 4.52 Å². The van der Waals surface area contributed by atoms with Crippen LogP contribution >= 0.6 is 6.83 Å². The van der Waals surface area contributed by atoms with Gasteiger partial charge < -0.3 is 0 Å². The molecule has 1 aliphatic heterocycles. The Morgan fingerprint density at radius 1 is 0.517 bits per heavy atom. The van der Waals surface area contributed by atoms with Gasteiger partial charge in [0, 0.05) is 0 Å². The molecule has 0 unspecified atom stereocenters. The molecule has 0 saturated carbocycles. The summed E-state index contributed by atoms with van der Waals surface area (Å²) in [5, 5.41) is 3.90. The molecule has 0 spiro atoms. The zero-order valence-corrected chi connectivity index (χ0v) is 17.5. The van der Waals surface area contributed by atoms with Crippen molar-refractivity contribution in [2.45, 2.75) is 18.7 Å². The molecule has 1 nitrogen and oxygen atoms in total. The molecule has 5 rings (SSSR count). The Balaban J connectivity index is 1.83. The Morgan fingerprint density at radius 3 is 1.21 bits per heavy atom. The molecule has 144 valence electrons. The monoisotopic (exact) mass is 396 g/mol. The minimum atomic E-state index is -3.09. The second-order valence-electron chi connectivity index (χ2n) is 7.79. The van der Waals surface area contributed by atoms with E-state index in [1.807, 2.05) is 0 Å². The fourth-order valence-electron chi connectivity index (χ4n) is 5.11. The molecule has 4 aromatic rings. The fraction of sp³-hybridized carbons (Fsp3) is 0.111. The van der Waals surface area contributed by atoms with Crippen molar-refractivity contribution in [2.75, 3.05) is 0 Å². The summed E-state index contributed by atoms with van der Waals surface area (Å²) in [7, 11) is 0. The van der Waals surface area contributed by atoms with Gasteiger partial charge in [0.05, 0.1) is 0 Å². The number of rotatable bonds is 4. The van der Waals surface area contributed by atoms with Crippen molar-refractivity contribution in [1.29, 1.82) is 0 Å². The van der Waals surface area contributed by atoms with Gasteiger partial charge in [0.2, 0.25) is 0 Å². The molecule has 1 saturated heterocycles. The molecule has 1 heterocycles. The van der Waals surface area contributed by atoms with Crippen LogP contribution in [0.15, 0.2) is 121 Å². The van der Waals surface area contributed by atoms with Gasteiger partial charge in [-0.15, -0.1) is 0 Å². The molecule has 4 aromatic carbocycles. The van der Waals surface area contributed by atoms with Crippen LogP contribution in [0.2, 0.25) is 0 Å². The molecule has 1 fully saturated rings. The first-order valence-corrected chi connectivity index (χ1v) is 12.4. The van der Waals surface area contributed by atoms with Crippen LogP contribution in [0.25, 0.3) is 0 Å². The van der Waals surface area contributed by atoms with Crippen molar-refractivity contribution in [2.24, 2.45) is 0 Å². The molecule has 0 aromatic heterocycles. The van der Waals surface area contributed by atoms with Gasteiger partial charge in [-0.3, -0.25) is 0 Å². The molecule has 2 heteroatoms. The Labute approximate surface area is 173 Å². The molecule has 1 aliphatic rings. The Morgan fingerprint density at radius 2 is 0.862 bits per heavy atom. The van der Waals surface area contributed by atoms with Gasteiger partial charge in [-0.1, -0.05) is 0 Å². The van der Waals surface area contributed by atoms with E-state index in [9.17, 15) is 0 Å². The molecule has 0 amide bonds. The van der Waals surface area contributed by atoms with Crippen LogP contribution in [-0.4, -0.2) is 5.66 Å². The van der Waals surface area contributed by atoms with Crippen molar-refractivity contribution >= 4 is 22.7 Å². The third-order valence-electron chi connectivity index (χ3n) is 6.48. The molecular weight excluding hydrogens is 371 g/mol. The van der Waals surface area contributed by atoms with Crippen molar-refractivity contribution in [3.63, 3.8) is 0 Å².